The molecule has 1 saturated heterocycles. The van der Waals surface area contributed by atoms with E-state index < -0.39 is 0 Å². The molecule has 0 spiro atoms. The molecule has 0 aliphatic carbocycles. The van der Waals surface area contributed by atoms with E-state index in [4.69, 9.17) is 9.47 Å². The Morgan fingerprint density at radius 1 is 1.12 bits per heavy atom. The van der Waals surface area contributed by atoms with Crippen molar-refractivity contribution in [2.24, 2.45) is 5.92 Å². The number of carbonyl (C=O) groups is 3. The number of carbonyl (C=O) groups excluding carboxylic acids is 3. The average Bonchev–Trinajstić information content (AvgIpc) is 3.26. The number of benzene rings is 1. The van der Waals surface area contributed by atoms with E-state index in [0.717, 1.165) is 11.3 Å². The Morgan fingerprint density at radius 3 is 2.62 bits per heavy atom. The monoisotopic (exact) mass is 440 g/mol. The summed E-state index contributed by atoms with van der Waals surface area (Å²) in [5.41, 5.74) is 1.67. The Morgan fingerprint density at radius 2 is 1.91 bits per heavy atom. The second-order valence-electron chi connectivity index (χ2n) is 8.03. The normalized spacial score (nSPS) is 16.6. The van der Waals surface area contributed by atoms with Gasteiger partial charge in [-0.25, -0.2) is 0 Å². The maximum Gasteiger partial charge on any atom is 0.309 e. The summed E-state index contributed by atoms with van der Waals surface area (Å²) in [6.07, 6.45) is 1.15. The molecule has 3 heterocycles. The average molecular weight is 441 g/mol. The minimum atomic E-state index is -0.207. The highest BCUT2D eigenvalue weighted by Crippen LogP contribution is 2.22. The first-order chi connectivity index (χ1) is 15.5. The van der Waals surface area contributed by atoms with Crippen LogP contribution < -0.4 is 4.74 Å². The number of likely N-dealkylation sites (tertiary alicyclic amines) is 1. The number of ether oxygens (including phenoxy) is 2. The molecule has 2 aliphatic rings. The zero-order valence-corrected chi connectivity index (χ0v) is 18.5. The molecule has 0 radical (unpaired) electrons. The zero-order valence-electron chi connectivity index (χ0n) is 18.5. The lowest BCUT2D eigenvalue weighted by Crippen LogP contribution is -2.41. The molecular weight excluding hydrogens is 412 g/mol. The Balaban J connectivity index is 1.41. The first kappa shape index (κ1) is 21.9. The summed E-state index contributed by atoms with van der Waals surface area (Å²) in [5.74, 6) is 0.0318. The summed E-state index contributed by atoms with van der Waals surface area (Å²) in [5, 5.41) is 4.40. The van der Waals surface area contributed by atoms with E-state index in [0.29, 0.717) is 57.9 Å². The lowest BCUT2D eigenvalue weighted by molar-refractivity contribution is -0.149. The first-order valence-corrected chi connectivity index (χ1v) is 11.0. The van der Waals surface area contributed by atoms with Crippen LogP contribution in [0.5, 0.6) is 5.75 Å². The summed E-state index contributed by atoms with van der Waals surface area (Å²) >= 11 is 0. The van der Waals surface area contributed by atoms with Crippen molar-refractivity contribution in [3.05, 3.63) is 47.3 Å². The van der Waals surface area contributed by atoms with Crippen molar-refractivity contribution in [1.29, 1.82) is 0 Å². The van der Waals surface area contributed by atoms with Gasteiger partial charge in [0, 0.05) is 32.2 Å². The number of rotatable bonds is 6. The predicted octanol–water partition coefficient (Wildman–Crippen LogP) is 1.96. The third kappa shape index (κ3) is 4.46. The molecule has 0 bridgehead atoms. The van der Waals surface area contributed by atoms with E-state index in [9.17, 15) is 14.4 Å². The van der Waals surface area contributed by atoms with Crippen molar-refractivity contribution in [3.8, 4) is 5.75 Å². The standard InChI is InChI=1S/C23H28N4O5/c1-3-32-23(30)17-7-9-25(10-8-17)21(28)19-14-20-22(29)26(11-12-27(20)24-19)15-16-5-4-6-18(13-16)31-2/h4-6,13-14,17H,3,7-12,15H2,1-2H3. The molecule has 9 heteroatoms. The molecule has 1 fully saturated rings. The molecule has 4 rings (SSSR count). The van der Waals surface area contributed by atoms with Gasteiger partial charge in [0.25, 0.3) is 11.8 Å². The minimum Gasteiger partial charge on any atom is -0.497 e. The number of amides is 2. The Labute approximate surface area is 186 Å². The van der Waals surface area contributed by atoms with Crippen LogP contribution in [0.1, 0.15) is 46.3 Å². The molecule has 0 atom stereocenters. The van der Waals surface area contributed by atoms with Gasteiger partial charge in [-0.15, -0.1) is 0 Å². The van der Waals surface area contributed by atoms with E-state index >= 15 is 0 Å². The number of esters is 1. The van der Waals surface area contributed by atoms with Crippen LogP contribution in [-0.2, 0) is 22.6 Å². The lowest BCUT2D eigenvalue weighted by Gasteiger charge is -2.30. The summed E-state index contributed by atoms with van der Waals surface area (Å²) in [6, 6.07) is 9.21. The van der Waals surface area contributed by atoms with Crippen LogP contribution in [0.2, 0.25) is 0 Å². The number of piperidine rings is 1. The Hall–Kier alpha value is -3.36. The maximum atomic E-state index is 13.0. The Kier molecular flexibility index (Phi) is 6.43. The largest absolute Gasteiger partial charge is 0.497 e. The Bertz CT molecular complexity index is 1010. The number of hydrogen-bond donors (Lipinski definition) is 0. The van der Waals surface area contributed by atoms with Crippen molar-refractivity contribution in [2.45, 2.75) is 32.9 Å². The van der Waals surface area contributed by atoms with Gasteiger partial charge in [-0.1, -0.05) is 12.1 Å². The van der Waals surface area contributed by atoms with Crippen molar-refractivity contribution in [1.82, 2.24) is 19.6 Å². The van der Waals surface area contributed by atoms with Crippen molar-refractivity contribution in [2.75, 3.05) is 33.4 Å². The van der Waals surface area contributed by atoms with Gasteiger partial charge in [-0.3, -0.25) is 19.1 Å². The highest BCUT2D eigenvalue weighted by atomic mass is 16.5. The van der Waals surface area contributed by atoms with Gasteiger partial charge < -0.3 is 19.3 Å². The molecule has 0 N–H and O–H groups in total. The number of aromatic nitrogens is 2. The quantitative estimate of drug-likeness (QED) is 0.638. The third-order valence-electron chi connectivity index (χ3n) is 6.00. The van der Waals surface area contributed by atoms with Crippen LogP contribution >= 0.6 is 0 Å². The van der Waals surface area contributed by atoms with Crippen LogP contribution in [-0.4, -0.2) is 70.7 Å². The van der Waals surface area contributed by atoms with Gasteiger partial charge in [0.05, 0.1) is 26.2 Å². The lowest BCUT2D eigenvalue weighted by atomic mass is 9.97. The number of methoxy groups -OCH3 is 1. The van der Waals surface area contributed by atoms with E-state index in [1.54, 1.807) is 34.6 Å². The summed E-state index contributed by atoms with van der Waals surface area (Å²) in [4.78, 5) is 41.4. The van der Waals surface area contributed by atoms with Crippen molar-refractivity contribution >= 4 is 17.8 Å². The summed E-state index contributed by atoms with van der Waals surface area (Å²) in [7, 11) is 1.61. The SMILES string of the molecule is CCOC(=O)C1CCN(C(=O)c2cc3n(n2)CCN(Cc2cccc(OC)c2)C3=O)CC1. The molecule has 170 valence electrons. The highest BCUT2D eigenvalue weighted by Gasteiger charge is 2.32. The van der Waals surface area contributed by atoms with E-state index in [2.05, 4.69) is 5.10 Å². The third-order valence-corrected chi connectivity index (χ3v) is 6.00. The topological polar surface area (TPSA) is 94.0 Å². The molecule has 9 nitrogen and oxygen atoms in total. The maximum absolute atomic E-state index is 13.0. The second-order valence-corrected chi connectivity index (χ2v) is 8.03. The van der Waals surface area contributed by atoms with Gasteiger partial charge in [0.1, 0.15) is 11.4 Å². The number of nitrogens with zero attached hydrogens (tertiary/aromatic N) is 4. The van der Waals surface area contributed by atoms with Crippen LogP contribution in [0.4, 0.5) is 0 Å². The first-order valence-electron chi connectivity index (χ1n) is 11.0. The second kappa shape index (κ2) is 9.42. The van der Waals surface area contributed by atoms with Gasteiger partial charge in [-0.05, 0) is 37.5 Å². The van der Waals surface area contributed by atoms with Crippen LogP contribution in [0.3, 0.4) is 0 Å². The smallest absolute Gasteiger partial charge is 0.309 e. The highest BCUT2D eigenvalue weighted by molar-refractivity contribution is 5.98. The van der Waals surface area contributed by atoms with Gasteiger partial charge in [-0.2, -0.15) is 5.10 Å². The van der Waals surface area contributed by atoms with Gasteiger partial charge in [0.15, 0.2) is 5.69 Å². The zero-order chi connectivity index (χ0) is 22.7. The fraction of sp³-hybridized carbons (Fsp3) is 0.478. The number of hydrogen-bond acceptors (Lipinski definition) is 6. The molecule has 2 aliphatic heterocycles. The van der Waals surface area contributed by atoms with Crippen molar-refractivity contribution in [3.63, 3.8) is 0 Å². The van der Waals surface area contributed by atoms with Gasteiger partial charge in [0.2, 0.25) is 0 Å². The molecule has 0 unspecified atom stereocenters. The van der Waals surface area contributed by atoms with E-state index in [1.807, 2.05) is 24.3 Å². The van der Waals surface area contributed by atoms with Crippen molar-refractivity contribution < 1.29 is 23.9 Å². The summed E-state index contributed by atoms with van der Waals surface area (Å²) in [6.45, 7) is 4.61. The molecule has 0 saturated carbocycles. The molecular formula is C23H28N4O5. The van der Waals surface area contributed by atoms with Crippen LogP contribution in [0.15, 0.2) is 30.3 Å². The molecule has 32 heavy (non-hydrogen) atoms. The fourth-order valence-corrected chi connectivity index (χ4v) is 4.23. The minimum absolute atomic E-state index is 0.147. The number of fused-ring (bicyclic) bond motifs is 1. The summed E-state index contributed by atoms with van der Waals surface area (Å²) < 4.78 is 12.0. The molecule has 2 amide bonds. The predicted molar refractivity (Wildman–Crippen MR) is 115 cm³/mol. The molecule has 1 aromatic carbocycles. The van der Waals surface area contributed by atoms with E-state index in [-0.39, 0.29) is 29.4 Å². The van der Waals surface area contributed by atoms with Crippen LogP contribution in [0, 0.1) is 5.92 Å². The fourth-order valence-electron chi connectivity index (χ4n) is 4.23. The molecule has 2 aromatic rings. The van der Waals surface area contributed by atoms with Gasteiger partial charge >= 0.3 is 5.97 Å². The molecule has 1 aromatic heterocycles. The van der Waals surface area contributed by atoms with E-state index in [1.165, 1.54) is 0 Å². The van der Waals surface area contributed by atoms with Crippen LogP contribution in [0.25, 0.3) is 0 Å².